The molecule has 2 N–H and O–H groups in total. The molecule has 1 fully saturated rings. The van der Waals surface area contributed by atoms with Crippen LogP contribution in [0.15, 0.2) is 36.4 Å². The lowest BCUT2D eigenvalue weighted by Crippen LogP contribution is -2.58. The zero-order chi connectivity index (χ0) is 25.1. The van der Waals surface area contributed by atoms with Crippen LogP contribution in [-0.4, -0.2) is 52.6 Å². The molecule has 2 aromatic carbocycles. The Balaban J connectivity index is 1.63. The number of ether oxygens (including phenoxy) is 2. The van der Waals surface area contributed by atoms with Crippen molar-refractivity contribution in [2.45, 2.75) is 84.3 Å². The number of aliphatic hydroxyl groups excluding tert-OH is 2. The van der Waals surface area contributed by atoms with Crippen LogP contribution in [0, 0.1) is 5.92 Å². The number of rotatable bonds is 7. The topological polar surface area (TPSA) is 79.2 Å². The summed E-state index contributed by atoms with van der Waals surface area (Å²) in [5, 5.41) is 21.7. The zero-order valence-corrected chi connectivity index (χ0v) is 21.4. The molecule has 2 heterocycles. The number of carbonyl (C=O) groups is 1. The molecule has 1 amide bonds. The third-order valence-electron chi connectivity index (χ3n) is 7.43. The van der Waals surface area contributed by atoms with E-state index in [2.05, 4.69) is 43.3 Å². The smallest absolute Gasteiger partial charge is 0.221 e. The average Bonchev–Trinajstić information content (AvgIpc) is 2.86. The van der Waals surface area contributed by atoms with Gasteiger partial charge in [-0.15, -0.1) is 0 Å². The second-order valence-electron chi connectivity index (χ2n) is 9.95. The summed E-state index contributed by atoms with van der Waals surface area (Å²) < 4.78 is 12.2. The lowest BCUT2D eigenvalue weighted by Gasteiger charge is -2.45. The summed E-state index contributed by atoms with van der Waals surface area (Å²) in [6.45, 7) is 8.75. The number of hydrogen-bond acceptors (Lipinski definition) is 5. The van der Waals surface area contributed by atoms with Gasteiger partial charge in [-0.25, -0.2) is 0 Å². The first-order valence-electron chi connectivity index (χ1n) is 13.0. The number of benzene rings is 2. The summed E-state index contributed by atoms with van der Waals surface area (Å²) in [6.07, 6.45) is 1.10. The van der Waals surface area contributed by atoms with Gasteiger partial charge in [-0.1, -0.05) is 51.1 Å². The number of carbonyl (C=O) groups excluding carboxylic acids is 1. The molecular formula is C29H39NO5. The monoisotopic (exact) mass is 481 g/mol. The molecule has 2 aliphatic rings. The normalized spacial score (nSPS) is 26.1. The molecule has 5 unspecified atom stereocenters. The number of hydrogen-bond donors (Lipinski definition) is 2. The lowest BCUT2D eigenvalue weighted by molar-refractivity contribution is -0.241. The molecule has 0 radical (unpaired) electrons. The van der Waals surface area contributed by atoms with Crippen molar-refractivity contribution in [3.63, 3.8) is 0 Å². The van der Waals surface area contributed by atoms with Crippen LogP contribution in [0.2, 0.25) is 0 Å². The van der Waals surface area contributed by atoms with Crippen LogP contribution in [0.4, 0.5) is 0 Å². The minimum Gasteiger partial charge on any atom is -0.493 e. The second-order valence-corrected chi connectivity index (χ2v) is 9.95. The van der Waals surface area contributed by atoms with Crippen LogP contribution >= 0.6 is 0 Å². The third-order valence-corrected chi connectivity index (χ3v) is 7.43. The van der Waals surface area contributed by atoms with Gasteiger partial charge in [-0.3, -0.25) is 4.79 Å². The number of amides is 1. The molecule has 0 aromatic heterocycles. The molecule has 190 valence electrons. The molecule has 0 spiro atoms. The Bertz CT molecular complexity index is 1040. The first-order valence-corrected chi connectivity index (χ1v) is 13.0. The van der Waals surface area contributed by atoms with Crippen LogP contribution < -0.4 is 4.74 Å². The van der Waals surface area contributed by atoms with E-state index >= 15 is 0 Å². The fraction of sp³-hybridized carbons (Fsp3) is 0.552. The highest BCUT2D eigenvalue weighted by atomic mass is 16.5. The fourth-order valence-electron chi connectivity index (χ4n) is 5.43. The van der Waals surface area contributed by atoms with Gasteiger partial charge < -0.3 is 24.6 Å². The van der Waals surface area contributed by atoms with Crippen LogP contribution in [-0.2, 0) is 28.8 Å². The Labute approximate surface area is 208 Å². The fourth-order valence-corrected chi connectivity index (χ4v) is 5.43. The quantitative estimate of drug-likeness (QED) is 0.620. The van der Waals surface area contributed by atoms with Gasteiger partial charge in [-0.05, 0) is 66.0 Å². The molecule has 5 atom stereocenters. The summed E-state index contributed by atoms with van der Waals surface area (Å²) in [5.74, 6) is 0.502. The maximum atomic E-state index is 12.3. The summed E-state index contributed by atoms with van der Waals surface area (Å²) in [5.41, 5.74) is 5.98. The van der Waals surface area contributed by atoms with Gasteiger partial charge in [0.25, 0.3) is 0 Å². The van der Waals surface area contributed by atoms with Gasteiger partial charge in [0, 0.05) is 19.4 Å². The number of aliphatic hydroxyl groups is 2. The third kappa shape index (κ3) is 5.40. The molecule has 4 rings (SSSR count). The van der Waals surface area contributed by atoms with Gasteiger partial charge in [-0.2, -0.15) is 0 Å². The first-order chi connectivity index (χ1) is 16.8. The van der Waals surface area contributed by atoms with E-state index in [1.54, 1.807) is 0 Å². The van der Waals surface area contributed by atoms with Crippen molar-refractivity contribution in [3.05, 3.63) is 64.2 Å². The maximum absolute atomic E-state index is 12.3. The maximum Gasteiger partial charge on any atom is 0.221 e. The molecule has 1 saturated heterocycles. The number of nitrogens with zero attached hydrogens (tertiary/aromatic N) is 1. The van der Waals surface area contributed by atoms with Crippen molar-refractivity contribution in [2.75, 3.05) is 13.2 Å². The largest absolute Gasteiger partial charge is 0.493 e. The van der Waals surface area contributed by atoms with Crippen molar-refractivity contribution in [3.8, 4) is 5.75 Å². The van der Waals surface area contributed by atoms with Crippen LogP contribution in [0.25, 0.3) is 0 Å². The predicted octanol–water partition coefficient (Wildman–Crippen LogP) is 4.18. The standard InChI is InChI=1S/C29H39NO5/c1-5-13-30(19(4)31)29-27(33)26(32)18(3)28(35-29)23-11-10-21(6-2)24(17-23)16-20-9-12-25-22(15-20)8-7-14-34-25/h9-12,15,17-18,26-29,32-33H,5-8,13-14,16H2,1-4H3. The molecule has 6 heteroatoms. The lowest BCUT2D eigenvalue weighted by atomic mass is 9.84. The highest BCUT2D eigenvalue weighted by molar-refractivity contribution is 5.73. The highest BCUT2D eigenvalue weighted by Gasteiger charge is 2.45. The average molecular weight is 482 g/mol. The molecule has 0 bridgehead atoms. The van der Waals surface area contributed by atoms with E-state index in [1.807, 2.05) is 13.8 Å². The summed E-state index contributed by atoms with van der Waals surface area (Å²) >= 11 is 0. The van der Waals surface area contributed by atoms with Gasteiger partial charge in [0.1, 0.15) is 11.9 Å². The van der Waals surface area contributed by atoms with Crippen LogP contribution in [0.5, 0.6) is 5.75 Å². The minimum atomic E-state index is -1.15. The summed E-state index contributed by atoms with van der Waals surface area (Å²) in [4.78, 5) is 13.8. The molecule has 2 aromatic rings. The van der Waals surface area contributed by atoms with Gasteiger partial charge in [0.2, 0.25) is 5.91 Å². The Morgan fingerprint density at radius 2 is 1.89 bits per heavy atom. The predicted molar refractivity (Wildman–Crippen MR) is 135 cm³/mol. The molecule has 2 aliphatic heterocycles. The van der Waals surface area contributed by atoms with Crippen LogP contribution in [0.3, 0.4) is 0 Å². The summed E-state index contributed by atoms with van der Waals surface area (Å²) in [6, 6.07) is 12.9. The Morgan fingerprint density at radius 3 is 2.60 bits per heavy atom. The molecule has 0 saturated carbocycles. The van der Waals surface area contributed by atoms with Gasteiger partial charge in [0.05, 0.1) is 18.8 Å². The second kappa shape index (κ2) is 11.1. The zero-order valence-electron chi connectivity index (χ0n) is 21.4. The molecule has 35 heavy (non-hydrogen) atoms. The number of aryl methyl sites for hydroxylation is 2. The van der Waals surface area contributed by atoms with E-state index in [4.69, 9.17) is 9.47 Å². The molecule has 0 aliphatic carbocycles. The number of fused-ring (bicyclic) bond motifs is 1. The minimum absolute atomic E-state index is 0.171. The Morgan fingerprint density at radius 1 is 1.09 bits per heavy atom. The van der Waals surface area contributed by atoms with E-state index in [-0.39, 0.29) is 11.8 Å². The Hall–Kier alpha value is -2.41. The van der Waals surface area contributed by atoms with Gasteiger partial charge >= 0.3 is 0 Å². The van der Waals surface area contributed by atoms with Crippen molar-refractivity contribution in [2.24, 2.45) is 5.92 Å². The van der Waals surface area contributed by atoms with Crippen molar-refractivity contribution in [1.82, 2.24) is 4.90 Å². The van der Waals surface area contributed by atoms with E-state index in [0.717, 1.165) is 50.0 Å². The highest BCUT2D eigenvalue weighted by Crippen LogP contribution is 2.39. The SMILES string of the molecule is CCCN(C(C)=O)C1OC(c2ccc(CC)c(Cc3ccc4c(c3)CCCO4)c2)C(C)C(O)C1O. The van der Waals surface area contributed by atoms with E-state index in [9.17, 15) is 15.0 Å². The van der Waals surface area contributed by atoms with Crippen molar-refractivity contribution in [1.29, 1.82) is 0 Å². The molecular weight excluding hydrogens is 442 g/mol. The van der Waals surface area contributed by atoms with E-state index < -0.39 is 24.5 Å². The summed E-state index contributed by atoms with van der Waals surface area (Å²) in [7, 11) is 0. The first kappa shape index (κ1) is 25.7. The van der Waals surface area contributed by atoms with E-state index in [0.29, 0.717) is 6.54 Å². The van der Waals surface area contributed by atoms with Crippen LogP contribution in [0.1, 0.15) is 74.5 Å². The van der Waals surface area contributed by atoms with Crippen molar-refractivity contribution >= 4 is 5.91 Å². The van der Waals surface area contributed by atoms with Crippen molar-refractivity contribution < 1.29 is 24.5 Å². The van der Waals surface area contributed by atoms with E-state index in [1.165, 1.54) is 34.1 Å². The Kier molecular flexibility index (Phi) is 8.15. The van der Waals surface area contributed by atoms with Gasteiger partial charge in [0.15, 0.2) is 6.23 Å². The molecule has 6 nitrogen and oxygen atoms in total.